The lowest BCUT2D eigenvalue weighted by Crippen LogP contribution is -2.63. The third-order valence-electron chi connectivity index (χ3n) is 6.69. The first-order chi connectivity index (χ1) is 15.2. The second-order valence-corrected chi connectivity index (χ2v) is 8.61. The minimum atomic E-state index is -0.457. The van der Waals surface area contributed by atoms with Crippen molar-refractivity contribution in [3.63, 3.8) is 0 Å². The van der Waals surface area contributed by atoms with E-state index < -0.39 is 6.09 Å². The van der Waals surface area contributed by atoms with E-state index in [1.54, 1.807) is 0 Å². The molecule has 2 amide bonds. The van der Waals surface area contributed by atoms with E-state index in [-0.39, 0.29) is 24.5 Å². The molecule has 31 heavy (non-hydrogen) atoms. The van der Waals surface area contributed by atoms with Gasteiger partial charge in [-0.3, -0.25) is 4.79 Å². The zero-order chi connectivity index (χ0) is 21.6. The second kappa shape index (κ2) is 9.96. The number of nitrogens with one attached hydrogen (secondary N) is 2. The van der Waals surface area contributed by atoms with Crippen molar-refractivity contribution in [2.75, 3.05) is 5.32 Å². The minimum Gasteiger partial charge on any atom is -0.445 e. The summed E-state index contributed by atoms with van der Waals surface area (Å²) < 4.78 is 5.42. The first kappa shape index (κ1) is 21.4. The molecule has 2 fully saturated rings. The molecule has 0 spiro atoms. The van der Waals surface area contributed by atoms with Crippen molar-refractivity contribution in [2.45, 2.75) is 51.3 Å². The maximum absolute atomic E-state index is 13.2. The molecule has 2 aliphatic carbocycles. The molecule has 4 rings (SSSR count). The number of benzene rings is 2. The Morgan fingerprint density at radius 2 is 1.61 bits per heavy atom. The number of carbonyl (C=O) groups is 2. The van der Waals surface area contributed by atoms with Crippen LogP contribution in [0.3, 0.4) is 0 Å². The molecule has 2 saturated carbocycles. The lowest BCUT2D eigenvalue weighted by atomic mass is 9.58. The van der Waals surface area contributed by atoms with Gasteiger partial charge in [0.15, 0.2) is 0 Å². The summed E-state index contributed by atoms with van der Waals surface area (Å²) in [4.78, 5) is 25.7. The van der Waals surface area contributed by atoms with Crippen molar-refractivity contribution in [2.24, 2.45) is 23.5 Å². The summed E-state index contributed by atoms with van der Waals surface area (Å²) in [5, 5.41) is 6.05. The number of ether oxygens (including phenoxy) is 1. The first-order valence-electron chi connectivity index (χ1n) is 11.2. The molecular formula is C25H31N3O3. The Kier molecular flexibility index (Phi) is 6.87. The number of amides is 2. The van der Waals surface area contributed by atoms with Crippen LogP contribution in [0, 0.1) is 17.8 Å². The van der Waals surface area contributed by atoms with Gasteiger partial charge >= 0.3 is 6.09 Å². The van der Waals surface area contributed by atoms with Crippen molar-refractivity contribution in [3.05, 3.63) is 65.7 Å². The molecule has 0 bridgehead atoms. The third kappa shape index (κ3) is 5.07. The van der Waals surface area contributed by atoms with Gasteiger partial charge in [-0.15, -0.1) is 0 Å². The minimum absolute atomic E-state index is 0.0305. The summed E-state index contributed by atoms with van der Waals surface area (Å²) in [5.41, 5.74) is 8.37. The second-order valence-electron chi connectivity index (χ2n) is 8.61. The number of nitrogens with two attached hydrogens (primary N) is 1. The molecule has 0 aromatic heterocycles. The smallest absolute Gasteiger partial charge is 0.407 e. The Bertz CT molecular complexity index is 885. The predicted molar refractivity (Wildman–Crippen MR) is 120 cm³/mol. The molecule has 6 heteroatoms. The maximum atomic E-state index is 13.2. The van der Waals surface area contributed by atoms with Crippen LogP contribution >= 0.6 is 0 Å². The first-order valence-corrected chi connectivity index (χ1v) is 11.2. The topological polar surface area (TPSA) is 93.5 Å². The Balaban J connectivity index is 1.40. The van der Waals surface area contributed by atoms with Gasteiger partial charge in [-0.1, -0.05) is 61.7 Å². The Morgan fingerprint density at radius 3 is 2.32 bits per heavy atom. The van der Waals surface area contributed by atoms with Crippen molar-refractivity contribution in [3.8, 4) is 0 Å². The van der Waals surface area contributed by atoms with Crippen LogP contribution in [0.25, 0.3) is 0 Å². The van der Waals surface area contributed by atoms with E-state index in [9.17, 15) is 9.59 Å². The number of alkyl carbamates (subject to hydrolysis) is 1. The zero-order valence-electron chi connectivity index (χ0n) is 17.8. The van der Waals surface area contributed by atoms with Crippen LogP contribution < -0.4 is 16.4 Å². The van der Waals surface area contributed by atoms with Crippen molar-refractivity contribution in [1.82, 2.24) is 5.32 Å². The summed E-state index contributed by atoms with van der Waals surface area (Å²) in [5.74, 6) is 0.381. The number of fused-ring (bicyclic) bond motifs is 1. The highest BCUT2D eigenvalue weighted by Gasteiger charge is 2.54. The highest BCUT2D eigenvalue weighted by atomic mass is 16.5. The van der Waals surface area contributed by atoms with Crippen LogP contribution in [-0.4, -0.2) is 18.0 Å². The number of rotatable bonds is 6. The largest absolute Gasteiger partial charge is 0.445 e. The summed E-state index contributed by atoms with van der Waals surface area (Å²) in [7, 11) is 0. The molecule has 4 atom stereocenters. The predicted octanol–water partition coefficient (Wildman–Crippen LogP) is 4.21. The van der Waals surface area contributed by atoms with Gasteiger partial charge in [0.05, 0.1) is 5.92 Å². The monoisotopic (exact) mass is 421 g/mol. The summed E-state index contributed by atoms with van der Waals surface area (Å²) in [6.45, 7) is 0.690. The molecule has 6 nitrogen and oxygen atoms in total. The fourth-order valence-electron chi connectivity index (χ4n) is 5.05. The van der Waals surface area contributed by atoms with Gasteiger partial charge in [0.1, 0.15) is 6.61 Å². The quantitative estimate of drug-likeness (QED) is 0.651. The third-order valence-corrected chi connectivity index (χ3v) is 6.69. The molecule has 2 aromatic carbocycles. The molecule has 0 heterocycles. The van der Waals surface area contributed by atoms with Gasteiger partial charge in [0.2, 0.25) is 5.91 Å². The number of hydrogen-bond acceptors (Lipinski definition) is 4. The SMILES string of the molecule is NCc1ccc(NC(=O)[C@H]2[C@H]3CCCCC[C@H]3[C@H]2NC(=O)OCc2ccccc2)cc1. The van der Waals surface area contributed by atoms with E-state index in [4.69, 9.17) is 10.5 Å². The Labute approximate surface area is 183 Å². The van der Waals surface area contributed by atoms with E-state index in [0.717, 1.165) is 42.5 Å². The average molecular weight is 422 g/mol. The van der Waals surface area contributed by atoms with E-state index in [0.29, 0.717) is 18.4 Å². The molecule has 0 saturated heterocycles. The molecule has 4 N–H and O–H groups in total. The molecule has 0 unspecified atom stereocenters. The molecular weight excluding hydrogens is 390 g/mol. The van der Waals surface area contributed by atoms with Crippen LogP contribution in [-0.2, 0) is 22.7 Å². The Morgan fingerprint density at radius 1 is 0.903 bits per heavy atom. The van der Waals surface area contributed by atoms with Gasteiger partial charge in [-0.25, -0.2) is 4.79 Å². The van der Waals surface area contributed by atoms with Gasteiger partial charge in [-0.2, -0.15) is 0 Å². The lowest BCUT2D eigenvalue weighted by Gasteiger charge is -2.50. The zero-order valence-corrected chi connectivity index (χ0v) is 17.8. The van der Waals surface area contributed by atoms with Crippen LogP contribution in [0.15, 0.2) is 54.6 Å². The van der Waals surface area contributed by atoms with Crippen molar-refractivity contribution >= 4 is 17.7 Å². The van der Waals surface area contributed by atoms with Crippen LogP contribution in [0.5, 0.6) is 0 Å². The molecule has 2 aromatic rings. The molecule has 2 aliphatic rings. The maximum Gasteiger partial charge on any atom is 0.407 e. The van der Waals surface area contributed by atoms with Gasteiger partial charge in [-0.05, 0) is 47.9 Å². The fraction of sp³-hybridized carbons (Fsp3) is 0.440. The normalized spacial score (nSPS) is 24.8. The summed E-state index contributed by atoms with van der Waals surface area (Å²) in [6.07, 6.45) is 5.10. The summed E-state index contributed by atoms with van der Waals surface area (Å²) >= 11 is 0. The Hall–Kier alpha value is -2.86. The van der Waals surface area contributed by atoms with Crippen LogP contribution in [0.4, 0.5) is 10.5 Å². The van der Waals surface area contributed by atoms with Gasteiger partial charge in [0, 0.05) is 18.3 Å². The number of anilines is 1. The van der Waals surface area contributed by atoms with E-state index in [1.807, 2.05) is 54.6 Å². The van der Waals surface area contributed by atoms with Crippen molar-refractivity contribution < 1.29 is 14.3 Å². The van der Waals surface area contributed by atoms with Crippen LogP contribution in [0.2, 0.25) is 0 Å². The highest BCUT2D eigenvalue weighted by molar-refractivity contribution is 5.94. The number of carbonyl (C=O) groups excluding carboxylic acids is 2. The van der Waals surface area contributed by atoms with Crippen LogP contribution in [0.1, 0.15) is 43.2 Å². The molecule has 164 valence electrons. The van der Waals surface area contributed by atoms with Crippen molar-refractivity contribution in [1.29, 1.82) is 0 Å². The average Bonchev–Trinajstić information content (AvgIpc) is 3.00. The standard InChI is InChI=1S/C25H31N3O3/c26-15-17-11-13-19(14-12-17)27-24(29)22-20-9-5-2-6-10-21(20)23(22)28-25(30)31-16-18-7-3-1-4-8-18/h1,3-4,7-8,11-14,20-23H,2,5-6,9-10,15-16,26H2,(H,27,29)(H,28,30)/t20-,21+,22-,23+/m0/s1. The molecule has 0 radical (unpaired) electrons. The highest BCUT2D eigenvalue weighted by Crippen LogP contribution is 2.49. The number of hydrogen-bond donors (Lipinski definition) is 3. The fourth-order valence-corrected chi connectivity index (χ4v) is 5.05. The summed E-state index contributed by atoms with van der Waals surface area (Å²) in [6, 6.07) is 17.0. The van der Waals surface area contributed by atoms with E-state index in [2.05, 4.69) is 10.6 Å². The molecule has 0 aliphatic heterocycles. The van der Waals surface area contributed by atoms with Gasteiger partial charge in [0.25, 0.3) is 0 Å². The van der Waals surface area contributed by atoms with E-state index in [1.165, 1.54) is 6.42 Å². The van der Waals surface area contributed by atoms with E-state index >= 15 is 0 Å². The lowest BCUT2D eigenvalue weighted by molar-refractivity contribution is -0.131. The van der Waals surface area contributed by atoms with Gasteiger partial charge < -0.3 is 21.1 Å².